The van der Waals surface area contributed by atoms with Crippen LogP contribution in [0.15, 0.2) is 18.5 Å². The van der Waals surface area contributed by atoms with E-state index in [0.717, 1.165) is 43.1 Å². The summed E-state index contributed by atoms with van der Waals surface area (Å²) in [5, 5.41) is 0. The van der Waals surface area contributed by atoms with Crippen LogP contribution in [0.2, 0.25) is 0 Å². The highest BCUT2D eigenvalue weighted by Crippen LogP contribution is 2.28. The second kappa shape index (κ2) is 4.08. The van der Waals surface area contributed by atoms with Gasteiger partial charge in [0.2, 0.25) is 0 Å². The number of aromatic nitrogens is 2. The van der Waals surface area contributed by atoms with Gasteiger partial charge in [-0.3, -0.25) is 0 Å². The molecule has 0 aliphatic heterocycles. The number of hydrogen-bond acceptors (Lipinski definition) is 2. The lowest BCUT2D eigenvalue weighted by Gasteiger charge is -2.15. The molecule has 1 heterocycles. The van der Waals surface area contributed by atoms with Crippen molar-refractivity contribution in [1.82, 2.24) is 9.55 Å². The Morgan fingerprint density at radius 1 is 1.17 bits per heavy atom. The predicted octanol–water partition coefficient (Wildman–Crippen LogP) is 2.61. The predicted molar refractivity (Wildman–Crippen MR) is 64.5 cm³/mol. The molecule has 1 aromatic carbocycles. The molecule has 0 saturated heterocycles. The summed E-state index contributed by atoms with van der Waals surface area (Å²) in [6.07, 6.45) is 5.56. The summed E-state index contributed by atoms with van der Waals surface area (Å²) in [4.78, 5) is 4.30. The molecule has 0 bridgehead atoms. The van der Waals surface area contributed by atoms with Crippen molar-refractivity contribution in [3.8, 4) is 5.69 Å². The van der Waals surface area contributed by atoms with Crippen LogP contribution in [0.5, 0.6) is 0 Å². The van der Waals surface area contributed by atoms with Crippen molar-refractivity contribution in [3.63, 3.8) is 0 Å². The number of hydrogen-bond donors (Lipinski definition) is 1. The SMILES string of the molecule is Nc1c(F)cc(F)cc1-n1cnc2c1CCCC2. The lowest BCUT2D eigenvalue weighted by Crippen LogP contribution is -2.09. The molecule has 0 amide bonds. The van der Waals surface area contributed by atoms with E-state index in [1.165, 1.54) is 6.07 Å². The first-order chi connectivity index (χ1) is 8.66. The lowest BCUT2D eigenvalue weighted by atomic mass is 10.0. The molecular weight excluding hydrogens is 236 g/mol. The van der Waals surface area contributed by atoms with Gasteiger partial charge in [-0.05, 0) is 25.7 Å². The molecule has 3 nitrogen and oxygen atoms in total. The first-order valence-corrected chi connectivity index (χ1v) is 5.97. The van der Waals surface area contributed by atoms with Crippen LogP contribution in [0.4, 0.5) is 14.5 Å². The molecule has 2 N–H and O–H groups in total. The van der Waals surface area contributed by atoms with E-state index < -0.39 is 11.6 Å². The molecule has 0 unspecified atom stereocenters. The Balaban J connectivity index is 2.18. The maximum atomic E-state index is 13.5. The molecule has 3 rings (SSSR count). The van der Waals surface area contributed by atoms with Crippen LogP contribution >= 0.6 is 0 Å². The molecular formula is C13H13F2N3. The fourth-order valence-corrected chi connectivity index (χ4v) is 2.45. The first-order valence-electron chi connectivity index (χ1n) is 5.97. The number of anilines is 1. The quantitative estimate of drug-likeness (QED) is 0.789. The van der Waals surface area contributed by atoms with Crippen LogP contribution in [-0.2, 0) is 12.8 Å². The van der Waals surface area contributed by atoms with Gasteiger partial charge in [0.25, 0.3) is 0 Å². The molecule has 0 fully saturated rings. The van der Waals surface area contributed by atoms with Crippen LogP contribution in [0, 0.1) is 11.6 Å². The van der Waals surface area contributed by atoms with Gasteiger partial charge in [-0.25, -0.2) is 13.8 Å². The minimum absolute atomic E-state index is 0.0397. The second-order valence-electron chi connectivity index (χ2n) is 4.54. The van der Waals surface area contributed by atoms with Gasteiger partial charge in [-0.1, -0.05) is 0 Å². The van der Waals surface area contributed by atoms with Crippen molar-refractivity contribution >= 4 is 5.69 Å². The van der Waals surface area contributed by atoms with E-state index in [1.807, 2.05) is 0 Å². The van der Waals surface area contributed by atoms with Crippen LogP contribution < -0.4 is 5.73 Å². The van der Waals surface area contributed by atoms with Crippen LogP contribution in [-0.4, -0.2) is 9.55 Å². The van der Waals surface area contributed by atoms with E-state index in [0.29, 0.717) is 5.69 Å². The molecule has 0 atom stereocenters. The molecule has 5 heteroatoms. The third-order valence-electron chi connectivity index (χ3n) is 3.36. The summed E-state index contributed by atoms with van der Waals surface area (Å²) >= 11 is 0. The van der Waals surface area contributed by atoms with E-state index in [4.69, 9.17) is 5.73 Å². The fourth-order valence-electron chi connectivity index (χ4n) is 2.45. The minimum Gasteiger partial charge on any atom is -0.395 e. The summed E-state index contributed by atoms with van der Waals surface area (Å²) in [5.74, 6) is -1.36. The maximum absolute atomic E-state index is 13.5. The van der Waals surface area contributed by atoms with E-state index in [2.05, 4.69) is 4.98 Å². The number of nitrogens with zero attached hydrogens (tertiary/aromatic N) is 2. The van der Waals surface area contributed by atoms with Crippen molar-refractivity contribution in [1.29, 1.82) is 0 Å². The van der Waals surface area contributed by atoms with Crippen LogP contribution in [0.3, 0.4) is 0 Å². The third kappa shape index (κ3) is 1.66. The summed E-state index contributed by atoms with van der Waals surface area (Å²) in [6.45, 7) is 0. The summed E-state index contributed by atoms with van der Waals surface area (Å²) < 4.78 is 28.5. The highest BCUT2D eigenvalue weighted by molar-refractivity contribution is 5.59. The first kappa shape index (κ1) is 11.2. The molecule has 1 aliphatic carbocycles. The average molecular weight is 249 g/mol. The molecule has 1 aliphatic rings. The van der Waals surface area contributed by atoms with Crippen molar-refractivity contribution in [2.45, 2.75) is 25.7 Å². The highest BCUT2D eigenvalue weighted by atomic mass is 19.1. The Hall–Kier alpha value is -1.91. The molecule has 0 spiro atoms. The number of halogens is 2. The molecule has 18 heavy (non-hydrogen) atoms. The highest BCUT2D eigenvalue weighted by Gasteiger charge is 2.18. The Morgan fingerprint density at radius 3 is 2.78 bits per heavy atom. The average Bonchev–Trinajstić information content (AvgIpc) is 2.77. The number of benzene rings is 1. The normalized spacial score (nSPS) is 14.6. The zero-order valence-electron chi connectivity index (χ0n) is 9.79. The zero-order valence-corrected chi connectivity index (χ0v) is 9.79. The fraction of sp³-hybridized carbons (Fsp3) is 0.308. The van der Waals surface area contributed by atoms with E-state index in [9.17, 15) is 8.78 Å². The Labute approximate surface area is 103 Å². The van der Waals surface area contributed by atoms with Crippen LogP contribution in [0.25, 0.3) is 5.69 Å². The van der Waals surface area contributed by atoms with E-state index >= 15 is 0 Å². The number of aryl methyl sites for hydroxylation is 1. The van der Waals surface area contributed by atoms with Gasteiger partial charge >= 0.3 is 0 Å². The number of rotatable bonds is 1. The van der Waals surface area contributed by atoms with Gasteiger partial charge in [0.15, 0.2) is 5.82 Å². The molecule has 1 aromatic heterocycles. The molecule has 0 radical (unpaired) electrons. The number of imidazole rings is 1. The van der Waals surface area contributed by atoms with Crippen LogP contribution in [0.1, 0.15) is 24.2 Å². The topological polar surface area (TPSA) is 43.8 Å². The van der Waals surface area contributed by atoms with Crippen molar-refractivity contribution < 1.29 is 8.78 Å². The number of nitrogen functional groups attached to an aromatic ring is 1. The largest absolute Gasteiger partial charge is 0.395 e. The van der Waals surface area contributed by atoms with Gasteiger partial charge in [-0.2, -0.15) is 0 Å². The van der Waals surface area contributed by atoms with Gasteiger partial charge in [-0.15, -0.1) is 0 Å². The third-order valence-corrected chi connectivity index (χ3v) is 3.36. The lowest BCUT2D eigenvalue weighted by molar-refractivity contribution is 0.583. The van der Waals surface area contributed by atoms with Crippen molar-refractivity contribution in [3.05, 3.63) is 41.5 Å². The molecule has 0 saturated carbocycles. The monoisotopic (exact) mass is 249 g/mol. The number of nitrogens with two attached hydrogens (primary N) is 1. The second-order valence-corrected chi connectivity index (χ2v) is 4.54. The van der Waals surface area contributed by atoms with Gasteiger partial charge < -0.3 is 10.3 Å². The standard InChI is InChI=1S/C13H13F2N3/c14-8-5-9(15)13(16)12(6-8)18-7-17-10-3-1-2-4-11(10)18/h5-7H,1-4,16H2. The summed E-state index contributed by atoms with van der Waals surface area (Å²) in [6, 6.07) is 2.04. The Bertz CT molecular complexity index is 605. The smallest absolute Gasteiger partial charge is 0.151 e. The van der Waals surface area contributed by atoms with Gasteiger partial charge in [0, 0.05) is 17.8 Å². The van der Waals surface area contributed by atoms with E-state index in [-0.39, 0.29) is 5.69 Å². The van der Waals surface area contributed by atoms with Crippen molar-refractivity contribution in [2.75, 3.05) is 5.73 Å². The Kier molecular flexibility index (Phi) is 2.54. The molecule has 94 valence electrons. The van der Waals surface area contributed by atoms with E-state index in [1.54, 1.807) is 10.9 Å². The van der Waals surface area contributed by atoms with Gasteiger partial charge in [0.1, 0.15) is 5.82 Å². The number of fused-ring (bicyclic) bond motifs is 1. The zero-order chi connectivity index (χ0) is 12.7. The van der Waals surface area contributed by atoms with Crippen molar-refractivity contribution in [2.24, 2.45) is 0 Å². The summed E-state index contributed by atoms with van der Waals surface area (Å²) in [5.41, 5.74) is 8.00. The summed E-state index contributed by atoms with van der Waals surface area (Å²) in [7, 11) is 0. The van der Waals surface area contributed by atoms with Gasteiger partial charge in [0.05, 0.1) is 23.4 Å². The molecule has 2 aromatic rings. The minimum atomic E-state index is -0.733. The maximum Gasteiger partial charge on any atom is 0.151 e. The Morgan fingerprint density at radius 2 is 1.94 bits per heavy atom.